The molecule has 0 radical (unpaired) electrons. The number of amides is 1. The molecule has 0 spiro atoms. The van der Waals surface area contributed by atoms with Crippen molar-refractivity contribution < 1.29 is 48.4 Å². The maximum absolute atomic E-state index is 14.7. The van der Waals surface area contributed by atoms with Gasteiger partial charge in [-0.15, -0.1) is 0 Å². The van der Waals surface area contributed by atoms with E-state index in [-0.39, 0.29) is 43.4 Å². The van der Waals surface area contributed by atoms with Gasteiger partial charge in [0.1, 0.15) is 41.2 Å². The number of nitrogens with one attached hydrogen (secondary N) is 1. The lowest BCUT2D eigenvalue weighted by Crippen LogP contribution is -2.70. The van der Waals surface area contributed by atoms with Gasteiger partial charge < -0.3 is 34.5 Å². The number of phenolic OH excluding ortho intramolecular Hbond substituents is 1. The van der Waals surface area contributed by atoms with Gasteiger partial charge in [-0.1, -0.05) is 54.6 Å². The van der Waals surface area contributed by atoms with E-state index < -0.39 is 77.8 Å². The van der Waals surface area contributed by atoms with Crippen LogP contribution >= 0.6 is 0 Å². The maximum Gasteiger partial charge on any atom is 0.327 e. The SMILES string of the molecule is CC(C)(C)OC(=O)CC[C@@H](CO)NC(=O)[C@@]12C[C@H]3OC(=O)[C@@H]1N(Cc1ccc(C=CCc4ccccc4O)cc1)O[C@@H]2[C@H]1OC(C2CC2)(C2CC2)O[C@H]13. The van der Waals surface area contributed by atoms with Crippen LogP contribution in [0.15, 0.2) is 54.6 Å². The van der Waals surface area contributed by atoms with Crippen LogP contribution in [0.5, 0.6) is 5.75 Å². The Morgan fingerprint density at radius 2 is 1.74 bits per heavy atom. The second-order valence-electron chi connectivity index (χ2n) is 16.6. The minimum atomic E-state index is -1.39. The molecule has 53 heavy (non-hydrogen) atoms. The van der Waals surface area contributed by atoms with Crippen molar-refractivity contribution in [1.29, 1.82) is 0 Å². The highest BCUT2D eigenvalue weighted by Crippen LogP contribution is 2.63. The average Bonchev–Trinajstić information content (AvgIpc) is 4.06. The molecule has 2 aromatic carbocycles. The molecule has 3 saturated carbocycles. The topological polar surface area (TPSA) is 153 Å². The van der Waals surface area contributed by atoms with Gasteiger partial charge >= 0.3 is 11.9 Å². The molecule has 3 N–H and O–H groups in total. The number of para-hydroxylation sites is 1. The van der Waals surface area contributed by atoms with E-state index in [0.29, 0.717) is 6.42 Å². The van der Waals surface area contributed by atoms with Crippen molar-refractivity contribution in [2.75, 3.05) is 6.61 Å². The van der Waals surface area contributed by atoms with Crippen molar-refractivity contribution in [3.8, 4) is 5.75 Å². The van der Waals surface area contributed by atoms with Gasteiger partial charge in [-0.2, -0.15) is 5.06 Å². The summed E-state index contributed by atoms with van der Waals surface area (Å²) in [5, 5.41) is 25.0. The number of carbonyl (C=O) groups excluding carboxylic acids is 3. The Bertz CT molecular complexity index is 1740. The zero-order valence-electron chi connectivity index (χ0n) is 30.6. The minimum Gasteiger partial charge on any atom is -0.508 e. The molecule has 3 saturated heterocycles. The lowest BCUT2D eigenvalue weighted by molar-refractivity contribution is -0.235. The summed E-state index contributed by atoms with van der Waals surface area (Å²) in [5.74, 6) is -1.43. The first-order chi connectivity index (χ1) is 25.4. The summed E-state index contributed by atoms with van der Waals surface area (Å²) in [6.45, 7) is 5.16. The Morgan fingerprint density at radius 1 is 1.04 bits per heavy atom. The Labute approximate surface area is 309 Å². The molecule has 12 heteroatoms. The number of nitrogens with zero attached hydrogens (tertiary/aromatic N) is 1. The summed E-state index contributed by atoms with van der Waals surface area (Å²) < 4.78 is 25.3. The Morgan fingerprint density at radius 3 is 2.40 bits per heavy atom. The smallest absolute Gasteiger partial charge is 0.327 e. The number of hydrogen-bond donors (Lipinski definition) is 3. The van der Waals surface area contributed by atoms with Crippen LogP contribution in [-0.2, 0) is 51.1 Å². The van der Waals surface area contributed by atoms with Crippen molar-refractivity contribution in [2.24, 2.45) is 17.3 Å². The molecule has 6 fully saturated rings. The zero-order chi connectivity index (χ0) is 37.1. The third-order valence-electron chi connectivity index (χ3n) is 11.5. The largest absolute Gasteiger partial charge is 0.508 e. The van der Waals surface area contributed by atoms with Gasteiger partial charge in [0, 0.05) is 24.7 Å². The number of carbonyl (C=O) groups is 3. The Hall–Kier alpha value is -3.81. The fourth-order valence-electron chi connectivity index (χ4n) is 8.80. The van der Waals surface area contributed by atoms with E-state index in [1.165, 1.54) is 0 Å². The second kappa shape index (κ2) is 13.8. The van der Waals surface area contributed by atoms with Crippen molar-refractivity contribution in [2.45, 2.75) is 127 Å². The molecular formula is C41H50N2O10. The van der Waals surface area contributed by atoms with Crippen molar-refractivity contribution in [3.05, 3.63) is 71.3 Å². The number of allylic oxidation sites excluding steroid dienone is 1. The van der Waals surface area contributed by atoms with Crippen LogP contribution < -0.4 is 5.32 Å². The number of ether oxygens (including phenoxy) is 4. The summed E-state index contributed by atoms with van der Waals surface area (Å²) in [6.07, 6.45) is 6.14. The van der Waals surface area contributed by atoms with Gasteiger partial charge in [0.25, 0.3) is 0 Å². The number of aliphatic hydroxyl groups excluding tert-OH is 1. The molecule has 8 rings (SSSR count). The first kappa shape index (κ1) is 36.2. The number of fused-ring (bicyclic) bond motifs is 4. The lowest BCUT2D eigenvalue weighted by Gasteiger charge is -2.49. The van der Waals surface area contributed by atoms with E-state index in [1.54, 1.807) is 38.0 Å². The first-order valence-electron chi connectivity index (χ1n) is 19.1. The number of hydrogen-bond acceptors (Lipinski definition) is 11. The fourth-order valence-corrected chi connectivity index (χ4v) is 8.80. The fraction of sp³-hybridized carbons (Fsp3) is 0.585. The van der Waals surface area contributed by atoms with E-state index >= 15 is 0 Å². The summed E-state index contributed by atoms with van der Waals surface area (Å²) in [4.78, 5) is 48.0. The number of rotatable bonds is 13. The highest BCUT2D eigenvalue weighted by atomic mass is 16.8. The normalized spacial score (nSPS) is 30.9. The van der Waals surface area contributed by atoms with E-state index in [2.05, 4.69) is 5.32 Å². The van der Waals surface area contributed by atoms with Crippen LogP contribution in [0.4, 0.5) is 0 Å². The summed E-state index contributed by atoms with van der Waals surface area (Å²) in [6, 6.07) is 13.3. The standard InChI is InChI=1S/C41H50N2O10/c1-39(2,3)50-32(46)20-19-29(23-44)42-38(48)40-21-31-33-34(52-41(51-33,27-15-16-27)28-17-18-28)36(40)53-43(35(40)37(47)49-31)22-25-13-11-24(12-14-25)7-6-9-26-8-4-5-10-30(26)45/h4-8,10-14,27-29,31,33-36,44-45H,9,15-23H2,1-3H3,(H,42,48)/t29-,31+,33-,34-,35-,36+,40-/m0/s1. The number of phenols is 1. The molecule has 0 unspecified atom stereocenters. The highest BCUT2D eigenvalue weighted by molar-refractivity contribution is 5.93. The molecular weight excluding hydrogens is 680 g/mol. The van der Waals surface area contributed by atoms with Crippen LogP contribution in [0.2, 0.25) is 0 Å². The van der Waals surface area contributed by atoms with Crippen molar-refractivity contribution in [1.82, 2.24) is 10.4 Å². The first-order valence-corrected chi connectivity index (χ1v) is 19.1. The third kappa shape index (κ3) is 6.89. The lowest BCUT2D eigenvalue weighted by atomic mass is 9.62. The van der Waals surface area contributed by atoms with Gasteiger partial charge in [0.05, 0.1) is 19.2 Å². The molecule has 6 aliphatic rings. The van der Waals surface area contributed by atoms with Gasteiger partial charge in [0.2, 0.25) is 5.91 Å². The summed E-state index contributed by atoms with van der Waals surface area (Å²) >= 11 is 0. The quantitative estimate of drug-likeness (QED) is 0.252. The predicted molar refractivity (Wildman–Crippen MR) is 190 cm³/mol. The number of benzene rings is 2. The van der Waals surface area contributed by atoms with Crippen LogP contribution in [0.25, 0.3) is 6.08 Å². The predicted octanol–water partition coefficient (Wildman–Crippen LogP) is 4.35. The summed E-state index contributed by atoms with van der Waals surface area (Å²) in [5.41, 5.74) is 0.620. The average molecular weight is 731 g/mol. The van der Waals surface area contributed by atoms with Crippen LogP contribution in [0.1, 0.15) is 82.4 Å². The number of esters is 2. The monoisotopic (exact) mass is 730 g/mol. The molecule has 0 aromatic heterocycles. The van der Waals surface area contributed by atoms with Crippen molar-refractivity contribution >= 4 is 23.9 Å². The minimum absolute atomic E-state index is 0.00276. The third-order valence-corrected chi connectivity index (χ3v) is 11.5. The van der Waals surface area contributed by atoms with Gasteiger partial charge in [0.15, 0.2) is 11.8 Å². The number of aromatic hydroxyl groups is 1. The molecule has 3 heterocycles. The molecule has 12 nitrogen and oxygen atoms in total. The Balaban J connectivity index is 1.04. The van der Waals surface area contributed by atoms with Crippen LogP contribution in [-0.4, -0.2) is 87.6 Å². The molecule has 7 atom stereocenters. The van der Waals surface area contributed by atoms with E-state index in [1.807, 2.05) is 48.6 Å². The molecule has 2 aromatic rings. The molecule has 3 aliphatic heterocycles. The maximum atomic E-state index is 14.7. The second-order valence-corrected chi connectivity index (χ2v) is 16.6. The molecule has 284 valence electrons. The van der Waals surface area contributed by atoms with Gasteiger partial charge in [-0.25, -0.2) is 0 Å². The summed E-state index contributed by atoms with van der Waals surface area (Å²) in [7, 11) is 0. The number of aliphatic hydroxyl groups is 1. The van der Waals surface area contributed by atoms with E-state index in [9.17, 15) is 24.6 Å². The van der Waals surface area contributed by atoms with Crippen LogP contribution in [0, 0.1) is 17.3 Å². The molecule has 3 aliphatic carbocycles. The molecule has 2 bridgehead atoms. The Kier molecular flexibility index (Phi) is 9.42. The highest BCUT2D eigenvalue weighted by Gasteiger charge is 2.78. The van der Waals surface area contributed by atoms with Crippen LogP contribution in [0.3, 0.4) is 0 Å². The van der Waals surface area contributed by atoms with E-state index in [4.69, 9.17) is 23.8 Å². The van der Waals surface area contributed by atoms with E-state index in [0.717, 1.165) is 42.4 Å². The van der Waals surface area contributed by atoms with Gasteiger partial charge in [-0.3, -0.25) is 19.2 Å². The van der Waals surface area contributed by atoms with Crippen molar-refractivity contribution in [3.63, 3.8) is 0 Å². The number of hydroxylamine groups is 2. The van der Waals surface area contributed by atoms with Gasteiger partial charge in [-0.05, 0) is 82.1 Å². The molecule has 1 amide bonds. The zero-order valence-corrected chi connectivity index (χ0v) is 30.6.